The Kier molecular flexibility index (Phi) is 4.16. The zero-order valence-electron chi connectivity index (χ0n) is 14.9. The van der Waals surface area contributed by atoms with Crippen LogP contribution in [0.3, 0.4) is 0 Å². The third-order valence-electron chi connectivity index (χ3n) is 4.74. The first kappa shape index (κ1) is 16.3. The number of carbonyl (C=O) groups excluding carboxylic acids is 1. The van der Waals surface area contributed by atoms with Gasteiger partial charge in [-0.25, -0.2) is 4.68 Å². The summed E-state index contributed by atoms with van der Waals surface area (Å²) in [4.78, 5) is 12.6. The van der Waals surface area contributed by atoms with Crippen LogP contribution < -0.4 is 5.32 Å². The first-order valence-corrected chi connectivity index (χ1v) is 8.76. The standard InChI is InChI=1S/C20H21N5O/c1-14-7-5-8-15-13-18(24(2)19(14)15)20(26)21-11-6-12-25-17-10-4-3-9-16(17)22-23-25/h3-5,7-10,13H,6,11-12H2,1-2H3,(H,21,26). The lowest BCUT2D eigenvalue weighted by atomic mass is 10.2. The van der Waals surface area contributed by atoms with Crippen LogP contribution in [0.1, 0.15) is 22.5 Å². The molecule has 2 aromatic carbocycles. The minimum absolute atomic E-state index is 0.0495. The molecule has 2 heterocycles. The lowest BCUT2D eigenvalue weighted by Crippen LogP contribution is -2.27. The molecule has 0 fully saturated rings. The number of benzene rings is 2. The highest BCUT2D eigenvalue weighted by atomic mass is 16.1. The van der Waals surface area contributed by atoms with Crippen molar-refractivity contribution in [3.8, 4) is 0 Å². The van der Waals surface area contributed by atoms with Crippen LogP contribution in [0.2, 0.25) is 0 Å². The number of carbonyl (C=O) groups is 1. The fourth-order valence-electron chi connectivity index (χ4n) is 3.44. The van der Waals surface area contributed by atoms with Crippen molar-refractivity contribution in [2.75, 3.05) is 6.54 Å². The summed E-state index contributed by atoms with van der Waals surface area (Å²) in [5.41, 5.74) is 4.86. The lowest BCUT2D eigenvalue weighted by Gasteiger charge is -2.07. The summed E-state index contributed by atoms with van der Waals surface area (Å²) in [6, 6.07) is 15.9. The molecule has 0 saturated heterocycles. The van der Waals surface area contributed by atoms with Crippen LogP contribution in [0.5, 0.6) is 0 Å². The normalized spacial score (nSPS) is 11.3. The molecule has 0 spiro atoms. The number of fused-ring (bicyclic) bond motifs is 2. The van der Waals surface area contributed by atoms with E-state index >= 15 is 0 Å². The van der Waals surface area contributed by atoms with Crippen molar-refractivity contribution >= 4 is 27.8 Å². The molecule has 0 atom stereocenters. The van der Waals surface area contributed by atoms with Gasteiger partial charge < -0.3 is 9.88 Å². The quantitative estimate of drug-likeness (QED) is 0.564. The molecular weight excluding hydrogens is 326 g/mol. The molecule has 1 amide bonds. The van der Waals surface area contributed by atoms with E-state index in [2.05, 4.69) is 28.6 Å². The monoisotopic (exact) mass is 347 g/mol. The summed E-state index contributed by atoms with van der Waals surface area (Å²) in [5.74, 6) is -0.0495. The molecule has 132 valence electrons. The molecule has 6 nitrogen and oxygen atoms in total. The fraction of sp³-hybridized carbons (Fsp3) is 0.250. The minimum Gasteiger partial charge on any atom is -0.351 e. The van der Waals surface area contributed by atoms with Crippen molar-refractivity contribution < 1.29 is 4.79 Å². The second kappa shape index (κ2) is 6.63. The molecule has 4 aromatic rings. The molecule has 4 rings (SSSR count). The third kappa shape index (κ3) is 2.83. The first-order chi connectivity index (χ1) is 12.6. The third-order valence-corrected chi connectivity index (χ3v) is 4.74. The van der Waals surface area contributed by atoms with E-state index in [9.17, 15) is 4.79 Å². The molecule has 1 N–H and O–H groups in total. The molecule has 0 radical (unpaired) electrons. The van der Waals surface area contributed by atoms with Crippen molar-refractivity contribution in [2.45, 2.75) is 19.9 Å². The Morgan fingerprint density at radius 1 is 1.15 bits per heavy atom. The largest absolute Gasteiger partial charge is 0.351 e. The van der Waals surface area contributed by atoms with E-state index in [0.29, 0.717) is 12.2 Å². The van der Waals surface area contributed by atoms with Crippen LogP contribution >= 0.6 is 0 Å². The molecule has 0 bridgehead atoms. The van der Waals surface area contributed by atoms with Gasteiger partial charge in [0.05, 0.1) is 11.0 Å². The number of hydrogen-bond acceptors (Lipinski definition) is 3. The molecule has 0 aliphatic rings. The fourth-order valence-corrected chi connectivity index (χ4v) is 3.44. The van der Waals surface area contributed by atoms with Gasteiger partial charge in [0.2, 0.25) is 0 Å². The van der Waals surface area contributed by atoms with Gasteiger partial charge in [-0.05, 0) is 37.1 Å². The van der Waals surface area contributed by atoms with Gasteiger partial charge in [-0.3, -0.25) is 4.79 Å². The van der Waals surface area contributed by atoms with Crippen LogP contribution in [-0.4, -0.2) is 32.0 Å². The number of nitrogens with one attached hydrogen (secondary N) is 1. The van der Waals surface area contributed by atoms with Crippen LogP contribution in [0.25, 0.3) is 21.9 Å². The molecule has 0 saturated carbocycles. The van der Waals surface area contributed by atoms with Gasteiger partial charge in [0.15, 0.2) is 0 Å². The number of aromatic nitrogens is 4. The van der Waals surface area contributed by atoms with Crippen molar-refractivity contribution in [1.82, 2.24) is 24.9 Å². The van der Waals surface area contributed by atoms with Crippen molar-refractivity contribution in [3.63, 3.8) is 0 Å². The Hall–Kier alpha value is -3.15. The Morgan fingerprint density at radius 2 is 2.00 bits per heavy atom. The van der Waals surface area contributed by atoms with E-state index in [1.165, 1.54) is 5.56 Å². The Morgan fingerprint density at radius 3 is 2.85 bits per heavy atom. The second-order valence-electron chi connectivity index (χ2n) is 6.51. The van der Waals surface area contributed by atoms with Gasteiger partial charge in [0, 0.05) is 25.5 Å². The molecule has 2 aromatic heterocycles. The zero-order chi connectivity index (χ0) is 18.1. The van der Waals surface area contributed by atoms with E-state index < -0.39 is 0 Å². The first-order valence-electron chi connectivity index (χ1n) is 8.76. The Labute approximate surface area is 151 Å². The highest BCUT2D eigenvalue weighted by molar-refractivity contribution is 5.99. The maximum Gasteiger partial charge on any atom is 0.267 e. The molecule has 0 aliphatic carbocycles. The van der Waals surface area contributed by atoms with E-state index in [1.54, 1.807) is 0 Å². The topological polar surface area (TPSA) is 64.7 Å². The number of aryl methyl sites for hydroxylation is 3. The summed E-state index contributed by atoms with van der Waals surface area (Å²) < 4.78 is 3.84. The van der Waals surface area contributed by atoms with Gasteiger partial charge in [0.1, 0.15) is 11.2 Å². The molecular formula is C20H21N5O. The summed E-state index contributed by atoms with van der Waals surface area (Å²) in [7, 11) is 1.94. The molecule has 6 heteroatoms. The number of nitrogens with zero attached hydrogens (tertiary/aromatic N) is 4. The van der Waals surface area contributed by atoms with E-state index in [0.717, 1.165) is 34.9 Å². The zero-order valence-corrected chi connectivity index (χ0v) is 14.9. The van der Waals surface area contributed by atoms with Gasteiger partial charge in [-0.2, -0.15) is 0 Å². The van der Waals surface area contributed by atoms with Crippen LogP contribution in [0.4, 0.5) is 0 Å². The Balaban J connectivity index is 1.40. The van der Waals surface area contributed by atoms with Crippen molar-refractivity contribution in [3.05, 3.63) is 59.8 Å². The van der Waals surface area contributed by atoms with E-state index in [4.69, 9.17) is 0 Å². The summed E-state index contributed by atoms with van der Waals surface area (Å²) >= 11 is 0. The predicted molar refractivity (Wildman–Crippen MR) is 102 cm³/mol. The van der Waals surface area contributed by atoms with E-state index in [1.807, 2.05) is 58.8 Å². The SMILES string of the molecule is Cc1cccc2cc(C(=O)NCCCn3nnc4ccccc43)n(C)c12. The molecule has 0 unspecified atom stereocenters. The minimum atomic E-state index is -0.0495. The smallest absolute Gasteiger partial charge is 0.267 e. The maximum atomic E-state index is 12.6. The number of hydrogen-bond donors (Lipinski definition) is 1. The van der Waals surface area contributed by atoms with Crippen molar-refractivity contribution in [1.29, 1.82) is 0 Å². The molecule has 26 heavy (non-hydrogen) atoms. The van der Waals surface area contributed by atoms with Gasteiger partial charge >= 0.3 is 0 Å². The van der Waals surface area contributed by atoms with Gasteiger partial charge in [0.25, 0.3) is 5.91 Å². The summed E-state index contributed by atoms with van der Waals surface area (Å²) in [6.45, 7) is 3.37. The highest BCUT2D eigenvalue weighted by Crippen LogP contribution is 2.22. The van der Waals surface area contributed by atoms with Crippen LogP contribution in [0, 0.1) is 6.92 Å². The molecule has 0 aliphatic heterocycles. The number of para-hydroxylation sites is 2. The summed E-state index contributed by atoms with van der Waals surface area (Å²) in [5, 5.41) is 12.4. The lowest BCUT2D eigenvalue weighted by molar-refractivity contribution is 0.0945. The second-order valence-corrected chi connectivity index (χ2v) is 6.51. The highest BCUT2D eigenvalue weighted by Gasteiger charge is 2.14. The van der Waals surface area contributed by atoms with Gasteiger partial charge in [-0.15, -0.1) is 5.10 Å². The van der Waals surface area contributed by atoms with Crippen molar-refractivity contribution in [2.24, 2.45) is 7.05 Å². The average molecular weight is 347 g/mol. The summed E-state index contributed by atoms with van der Waals surface area (Å²) in [6.07, 6.45) is 0.794. The van der Waals surface area contributed by atoms with Crippen LogP contribution in [0.15, 0.2) is 48.5 Å². The Bertz CT molecular complexity index is 1090. The average Bonchev–Trinajstić information content (AvgIpc) is 3.21. The number of amides is 1. The van der Waals surface area contributed by atoms with Gasteiger partial charge in [-0.1, -0.05) is 35.5 Å². The number of rotatable bonds is 5. The van der Waals surface area contributed by atoms with Crippen LogP contribution in [-0.2, 0) is 13.6 Å². The van der Waals surface area contributed by atoms with E-state index in [-0.39, 0.29) is 5.91 Å². The predicted octanol–water partition coefficient (Wildman–Crippen LogP) is 3.05. The maximum absolute atomic E-state index is 12.6.